The fourth-order valence-corrected chi connectivity index (χ4v) is 1.37. The van der Waals surface area contributed by atoms with Gasteiger partial charge in [0.05, 0.1) is 6.61 Å². The van der Waals surface area contributed by atoms with Crippen LogP contribution < -0.4 is 4.74 Å². The molecule has 7 heteroatoms. The van der Waals surface area contributed by atoms with E-state index in [4.69, 9.17) is 9.84 Å². The van der Waals surface area contributed by atoms with E-state index in [0.29, 0.717) is 6.07 Å². The summed E-state index contributed by atoms with van der Waals surface area (Å²) in [6.07, 6.45) is -2.77. The molecule has 18 heavy (non-hydrogen) atoms. The fraction of sp³-hybridized carbons (Fsp3) is 0.455. The maximum Gasteiger partial charge on any atom is 0.421 e. The van der Waals surface area contributed by atoms with Gasteiger partial charge in [0.2, 0.25) is 5.88 Å². The zero-order valence-electron chi connectivity index (χ0n) is 9.20. The number of alkyl halides is 3. The Morgan fingerprint density at radius 3 is 2.61 bits per heavy atom. The van der Waals surface area contributed by atoms with E-state index in [0.717, 1.165) is 18.9 Å². The van der Waals surface area contributed by atoms with E-state index in [9.17, 15) is 18.0 Å². The predicted molar refractivity (Wildman–Crippen MR) is 54.4 cm³/mol. The number of aromatic nitrogens is 1. The van der Waals surface area contributed by atoms with Gasteiger partial charge in [0, 0.05) is 0 Å². The molecular formula is C11H10F3NO3. The van der Waals surface area contributed by atoms with Crippen molar-refractivity contribution in [3.05, 3.63) is 23.4 Å². The van der Waals surface area contributed by atoms with Gasteiger partial charge >= 0.3 is 12.1 Å². The number of hydrogen-bond donors (Lipinski definition) is 1. The molecule has 0 bridgehead atoms. The molecule has 0 atom stereocenters. The van der Waals surface area contributed by atoms with Crippen LogP contribution in [0.3, 0.4) is 0 Å². The van der Waals surface area contributed by atoms with Crippen LogP contribution in [0.15, 0.2) is 12.1 Å². The maximum atomic E-state index is 12.7. The summed E-state index contributed by atoms with van der Waals surface area (Å²) in [6.45, 7) is 0.138. The Balaban J connectivity index is 2.29. The van der Waals surface area contributed by atoms with Crippen LogP contribution in [0.4, 0.5) is 13.2 Å². The first kappa shape index (κ1) is 12.7. The van der Waals surface area contributed by atoms with Gasteiger partial charge in [0.25, 0.3) is 0 Å². The van der Waals surface area contributed by atoms with Crippen molar-refractivity contribution < 1.29 is 27.8 Å². The molecule has 0 amide bonds. The number of carboxylic acid groups (broad SMARTS) is 1. The molecule has 1 aromatic rings. The summed E-state index contributed by atoms with van der Waals surface area (Å²) in [7, 11) is 0. The summed E-state index contributed by atoms with van der Waals surface area (Å²) < 4.78 is 42.9. The fourth-order valence-electron chi connectivity index (χ4n) is 1.37. The lowest BCUT2D eigenvalue weighted by Gasteiger charge is -2.13. The van der Waals surface area contributed by atoms with Gasteiger partial charge in [-0.3, -0.25) is 0 Å². The number of aromatic carboxylic acids is 1. The minimum atomic E-state index is -4.61. The Kier molecular flexibility index (Phi) is 3.14. The van der Waals surface area contributed by atoms with E-state index < -0.39 is 29.3 Å². The largest absolute Gasteiger partial charge is 0.477 e. The highest BCUT2D eigenvalue weighted by Crippen LogP contribution is 2.36. The molecule has 98 valence electrons. The van der Waals surface area contributed by atoms with E-state index >= 15 is 0 Å². The summed E-state index contributed by atoms with van der Waals surface area (Å²) in [5.74, 6) is -1.80. The highest BCUT2D eigenvalue weighted by atomic mass is 19.4. The Hall–Kier alpha value is -1.79. The van der Waals surface area contributed by atoms with E-state index in [1.54, 1.807) is 0 Å². The van der Waals surface area contributed by atoms with Crippen LogP contribution >= 0.6 is 0 Å². The van der Waals surface area contributed by atoms with Crippen molar-refractivity contribution in [2.45, 2.75) is 19.0 Å². The van der Waals surface area contributed by atoms with Crippen LogP contribution in [-0.2, 0) is 6.18 Å². The lowest BCUT2D eigenvalue weighted by molar-refractivity contribution is -0.139. The number of hydrogen-bond acceptors (Lipinski definition) is 3. The molecule has 1 aliphatic carbocycles. The average molecular weight is 261 g/mol. The summed E-state index contributed by atoms with van der Waals surface area (Å²) in [5.41, 5.74) is -1.51. The van der Waals surface area contributed by atoms with Gasteiger partial charge in [-0.1, -0.05) is 0 Å². The topological polar surface area (TPSA) is 59.4 Å². The van der Waals surface area contributed by atoms with E-state index in [-0.39, 0.29) is 12.5 Å². The monoisotopic (exact) mass is 261 g/mol. The second kappa shape index (κ2) is 4.47. The highest BCUT2D eigenvalue weighted by Gasteiger charge is 2.36. The molecule has 1 fully saturated rings. The molecule has 1 aromatic heterocycles. The van der Waals surface area contributed by atoms with Gasteiger partial charge in [0.15, 0.2) is 5.69 Å². The third-order valence-corrected chi connectivity index (χ3v) is 2.54. The van der Waals surface area contributed by atoms with E-state index in [1.807, 2.05) is 0 Å². The minimum Gasteiger partial charge on any atom is -0.477 e. The van der Waals surface area contributed by atoms with Crippen molar-refractivity contribution in [1.29, 1.82) is 0 Å². The first-order valence-corrected chi connectivity index (χ1v) is 5.32. The molecule has 0 aliphatic heterocycles. The molecule has 0 unspecified atom stereocenters. The van der Waals surface area contributed by atoms with Gasteiger partial charge in [-0.2, -0.15) is 13.2 Å². The van der Waals surface area contributed by atoms with Crippen molar-refractivity contribution >= 4 is 5.97 Å². The summed E-state index contributed by atoms with van der Waals surface area (Å²) >= 11 is 0. The summed E-state index contributed by atoms with van der Waals surface area (Å²) in [4.78, 5) is 14.1. The van der Waals surface area contributed by atoms with Crippen LogP contribution in [0.5, 0.6) is 5.88 Å². The van der Waals surface area contributed by atoms with E-state index in [1.165, 1.54) is 0 Å². The number of carbonyl (C=O) groups is 1. The number of ether oxygens (including phenoxy) is 1. The Morgan fingerprint density at radius 1 is 1.44 bits per heavy atom. The molecule has 1 N–H and O–H groups in total. The van der Waals surface area contributed by atoms with Crippen molar-refractivity contribution in [3.8, 4) is 5.88 Å². The molecule has 0 saturated heterocycles. The molecule has 0 aromatic carbocycles. The van der Waals surface area contributed by atoms with Crippen molar-refractivity contribution in [2.24, 2.45) is 5.92 Å². The Labute approximate surface area is 100 Å². The summed E-state index contributed by atoms with van der Waals surface area (Å²) in [5, 5.41) is 8.69. The quantitative estimate of drug-likeness (QED) is 0.905. The number of rotatable bonds is 4. The second-order valence-electron chi connectivity index (χ2n) is 4.11. The van der Waals surface area contributed by atoms with Crippen LogP contribution in [-0.4, -0.2) is 22.7 Å². The SMILES string of the molecule is O=C(O)c1ccc(C(F)(F)F)c(OCC2CC2)n1. The zero-order valence-corrected chi connectivity index (χ0v) is 9.20. The van der Waals surface area contributed by atoms with E-state index in [2.05, 4.69) is 4.98 Å². The van der Waals surface area contributed by atoms with Crippen LogP contribution in [0, 0.1) is 5.92 Å². The van der Waals surface area contributed by atoms with Crippen molar-refractivity contribution in [1.82, 2.24) is 4.98 Å². The number of nitrogens with zero attached hydrogens (tertiary/aromatic N) is 1. The Bertz CT molecular complexity index is 469. The molecule has 0 radical (unpaired) electrons. The number of carboxylic acids is 1. The third kappa shape index (κ3) is 2.91. The second-order valence-corrected chi connectivity index (χ2v) is 4.11. The molecule has 0 spiro atoms. The lowest BCUT2D eigenvalue weighted by Crippen LogP contribution is -2.13. The van der Waals surface area contributed by atoms with Gasteiger partial charge in [0.1, 0.15) is 5.56 Å². The molecule has 1 heterocycles. The normalized spacial score (nSPS) is 15.5. The Morgan fingerprint density at radius 2 is 2.11 bits per heavy atom. The van der Waals surface area contributed by atoms with Crippen LogP contribution in [0.25, 0.3) is 0 Å². The zero-order chi connectivity index (χ0) is 13.3. The lowest BCUT2D eigenvalue weighted by atomic mass is 10.2. The van der Waals surface area contributed by atoms with Crippen molar-refractivity contribution in [2.75, 3.05) is 6.61 Å². The number of pyridine rings is 1. The standard InChI is InChI=1S/C11H10F3NO3/c12-11(13,14)7-3-4-8(10(16)17)15-9(7)18-5-6-1-2-6/h3-4,6H,1-2,5H2,(H,16,17). The molecule has 1 aliphatic rings. The summed E-state index contributed by atoms with van der Waals surface area (Å²) in [6, 6.07) is 1.49. The smallest absolute Gasteiger partial charge is 0.421 e. The average Bonchev–Trinajstić information content (AvgIpc) is 3.08. The predicted octanol–water partition coefficient (Wildman–Crippen LogP) is 2.59. The maximum absolute atomic E-state index is 12.7. The first-order valence-electron chi connectivity index (χ1n) is 5.32. The molecular weight excluding hydrogens is 251 g/mol. The van der Waals surface area contributed by atoms with Crippen molar-refractivity contribution in [3.63, 3.8) is 0 Å². The molecule has 1 saturated carbocycles. The van der Waals surface area contributed by atoms with Crippen LogP contribution in [0.1, 0.15) is 28.9 Å². The first-order chi connectivity index (χ1) is 8.38. The van der Waals surface area contributed by atoms with Crippen LogP contribution in [0.2, 0.25) is 0 Å². The van der Waals surface area contributed by atoms with Gasteiger partial charge in [-0.05, 0) is 30.9 Å². The third-order valence-electron chi connectivity index (χ3n) is 2.54. The minimum absolute atomic E-state index is 0.138. The highest BCUT2D eigenvalue weighted by molar-refractivity contribution is 5.85. The number of halogens is 3. The van der Waals surface area contributed by atoms with Gasteiger partial charge in [-0.15, -0.1) is 0 Å². The van der Waals surface area contributed by atoms with Gasteiger partial charge < -0.3 is 9.84 Å². The van der Waals surface area contributed by atoms with Gasteiger partial charge in [-0.25, -0.2) is 9.78 Å². The molecule has 2 rings (SSSR count). The molecule has 4 nitrogen and oxygen atoms in total.